The molecule has 0 amide bonds. The maximum Gasteiger partial charge on any atom is 0.142 e. The van der Waals surface area contributed by atoms with Gasteiger partial charge in [-0.2, -0.15) is 0 Å². The Bertz CT molecular complexity index is 578. The van der Waals surface area contributed by atoms with Crippen LogP contribution in [-0.2, 0) is 11.3 Å². The van der Waals surface area contributed by atoms with Crippen LogP contribution >= 0.6 is 0 Å². The summed E-state index contributed by atoms with van der Waals surface area (Å²) >= 11 is 0. The van der Waals surface area contributed by atoms with Gasteiger partial charge in [0.25, 0.3) is 0 Å². The van der Waals surface area contributed by atoms with Crippen LogP contribution in [0.4, 0.5) is 5.69 Å². The van der Waals surface area contributed by atoms with E-state index in [-0.39, 0.29) is 0 Å². The van der Waals surface area contributed by atoms with Crippen LogP contribution < -0.4 is 10.1 Å². The van der Waals surface area contributed by atoms with E-state index in [0.717, 1.165) is 35.1 Å². The van der Waals surface area contributed by atoms with Crippen molar-refractivity contribution in [2.45, 2.75) is 13.5 Å². The lowest BCUT2D eigenvalue weighted by Crippen LogP contribution is -2.07. The van der Waals surface area contributed by atoms with Gasteiger partial charge < -0.3 is 19.4 Å². The predicted molar refractivity (Wildman–Crippen MR) is 80.4 cm³/mol. The van der Waals surface area contributed by atoms with Gasteiger partial charge in [0.1, 0.15) is 11.6 Å². The summed E-state index contributed by atoms with van der Waals surface area (Å²) in [5.74, 6) is 1.80. The smallest absolute Gasteiger partial charge is 0.142 e. The number of ether oxygens (including phenoxy) is 2. The lowest BCUT2D eigenvalue weighted by Gasteiger charge is -2.13. The fraction of sp³-hybridized carbons (Fsp3) is 0.400. The fourth-order valence-electron chi connectivity index (χ4n) is 2.22. The van der Waals surface area contributed by atoms with E-state index in [0.29, 0.717) is 6.61 Å². The molecule has 0 aliphatic carbocycles. The zero-order chi connectivity index (χ0) is 14.5. The second-order valence-corrected chi connectivity index (χ2v) is 4.50. The zero-order valence-electron chi connectivity index (χ0n) is 12.4. The van der Waals surface area contributed by atoms with Gasteiger partial charge in [0.05, 0.1) is 31.3 Å². The summed E-state index contributed by atoms with van der Waals surface area (Å²) in [7, 11) is 5.26. The van der Waals surface area contributed by atoms with Gasteiger partial charge in [0.15, 0.2) is 0 Å². The maximum atomic E-state index is 5.41. The molecule has 5 nitrogen and oxygen atoms in total. The number of aryl methyl sites for hydroxylation is 1. The molecule has 108 valence electrons. The van der Waals surface area contributed by atoms with Gasteiger partial charge >= 0.3 is 0 Å². The number of benzene rings is 1. The normalized spacial score (nSPS) is 10.6. The highest BCUT2D eigenvalue weighted by Gasteiger charge is 2.11. The van der Waals surface area contributed by atoms with Crippen molar-refractivity contribution in [3.05, 3.63) is 30.2 Å². The third kappa shape index (κ3) is 2.77. The van der Waals surface area contributed by atoms with Crippen LogP contribution in [-0.4, -0.2) is 37.4 Å². The van der Waals surface area contributed by atoms with Crippen molar-refractivity contribution in [3.8, 4) is 17.0 Å². The first-order valence-electron chi connectivity index (χ1n) is 6.58. The molecule has 0 saturated heterocycles. The Morgan fingerprint density at radius 3 is 2.75 bits per heavy atom. The van der Waals surface area contributed by atoms with Crippen LogP contribution in [0.25, 0.3) is 11.3 Å². The molecule has 0 spiro atoms. The lowest BCUT2D eigenvalue weighted by atomic mass is 10.1. The third-order valence-corrected chi connectivity index (χ3v) is 3.34. The molecule has 0 fully saturated rings. The van der Waals surface area contributed by atoms with Gasteiger partial charge in [-0.05, 0) is 19.1 Å². The van der Waals surface area contributed by atoms with Gasteiger partial charge in [-0.15, -0.1) is 0 Å². The van der Waals surface area contributed by atoms with Gasteiger partial charge in [0, 0.05) is 26.3 Å². The number of hydrogen-bond acceptors (Lipinski definition) is 4. The summed E-state index contributed by atoms with van der Waals surface area (Å²) in [5, 5.41) is 3.11. The van der Waals surface area contributed by atoms with Gasteiger partial charge in [0.2, 0.25) is 0 Å². The first-order chi connectivity index (χ1) is 9.71. The molecule has 0 bridgehead atoms. The van der Waals surface area contributed by atoms with Crippen LogP contribution in [0, 0.1) is 6.92 Å². The molecule has 1 N–H and O–H groups in total. The Morgan fingerprint density at radius 1 is 1.30 bits per heavy atom. The van der Waals surface area contributed by atoms with Crippen molar-refractivity contribution >= 4 is 5.69 Å². The highest BCUT2D eigenvalue weighted by Crippen LogP contribution is 2.30. The molecular weight excluding hydrogens is 254 g/mol. The number of nitrogens with zero attached hydrogens (tertiary/aromatic N) is 2. The molecule has 1 aromatic carbocycles. The SMILES string of the molecule is CNc1ccc(-c2cnc(C)n2CCOC)cc1OC. The van der Waals surface area contributed by atoms with E-state index in [4.69, 9.17) is 9.47 Å². The Balaban J connectivity index is 2.41. The van der Waals surface area contributed by atoms with Crippen molar-refractivity contribution in [2.75, 3.05) is 33.2 Å². The number of anilines is 1. The number of methoxy groups -OCH3 is 2. The van der Waals surface area contributed by atoms with Crippen molar-refractivity contribution in [1.82, 2.24) is 9.55 Å². The largest absolute Gasteiger partial charge is 0.495 e. The van der Waals surface area contributed by atoms with E-state index in [1.54, 1.807) is 14.2 Å². The highest BCUT2D eigenvalue weighted by atomic mass is 16.5. The van der Waals surface area contributed by atoms with Crippen molar-refractivity contribution in [1.29, 1.82) is 0 Å². The summed E-state index contributed by atoms with van der Waals surface area (Å²) in [4.78, 5) is 4.39. The number of hydrogen-bond donors (Lipinski definition) is 1. The van der Waals surface area contributed by atoms with Crippen molar-refractivity contribution in [2.24, 2.45) is 0 Å². The number of aromatic nitrogens is 2. The molecule has 2 rings (SSSR count). The average molecular weight is 275 g/mol. The van der Waals surface area contributed by atoms with E-state index >= 15 is 0 Å². The van der Waals surface area contributed by atoms with E-state index < -0.39 is 0 Å². The summed E-state index contributed by atoms with van der Waals surface area (Å²) in [6.45, 7) is 3.45. The van der Waals surface area contributed by atoms with Gasteiger partial charge in [-0.25, -0.2) is 4.98 Å². The Labute approximate surface area is 119 Å². The van der Waals surface area contributed by atoms with E-state index in [1.807, 2.05) is 32.3 Å². The number of imidazole rings is 1. The van der Waals surface area contributed by atoms with Crippen molar-refractivity contribution < 1.29 is 9.47 Å². The molecule has 0 saturated carbocycles. The molecule has 20 heavy (non-hydrogen) atoms. The standard InChI is InChI=1S/C15H21N3O2/c1-11-17-10-14(18(11)7-8-19-3)12-5-6-13(16-2)15(9-12)20-4/h5-6,9-10,16H,7-8H2,1-4H3. The number of nitrogens with one attached hydrogen (secondary N) is 1. The minimum Gasteiger partial charge on any atom is -0.495 e. The van der Waals surface area contributed by atoms with E-state index in [2.05, 4.69) is 20.9 Å². The zero-order valence-corrected chi connectivity index (χ0v) is 12.4. The van der Waals surface area contributed by atoms with Crippen LogP contribution in [0.3, 0.4) is 0 Å². The maximum absolute atomic E-state index is 5.41. The van der Waals surface area contributed by atoms with Crippen LogP contribution in [0.15, 0.2) is 24.4 Å². The quantitative estimate of drug-likeness (QED) is 0.880. The second-order valence-electron chi connectivity index (χ2n) is 4.50. The van der Waals surface area contributed by atoms with Gasteiger partial charge in [-0.3, -0.25) is 0 Å². The second kappa shape index (κ2) is 6.43. The first kappa shape index (κ1) is 14.4. The fourth-order valence-corrected chi connectivity index (χ4v) is 2.22. The third-order valence-electron chi connectivity index (χ3n) is 3.34. The summed E-state index contributed by atoms with van der Waals surface area (Å²) in [6, 6.07) is 6.09. The minimum atomic E-state index is 0.663. The monoisotopic (exact) mass is 275 g/mol. The molecule has 1 heterocycles. The van der Waals surface area contributed by atoms with Gasteiger partial charge in [-0.1, -0.05) is 6.07 Å². The Kier molecular flexibility index (Phi) is 4.63. The molecule has 0 aliphatic rings. The van der Waals surface area contributed by atoms with E-state index in [9.17, 15) is 0 Å². The Hall–Kier alpha value is -2.01. The lowest BCUT2D eigenvalue weighted by molar-refractivity contribution is 0.187. The molecular formula is C15H21N3O2. The average Bonchev–Trinajstić information content (AvgIpc) is 2.85. The summed E-state index contributed by atoms with van der Waals surface area (Å²) < 4.78 is 12.7. The Morgan fingerprint density at radius 2 is 2.10 bits per heavy atom. The van der Waals surface area contributed by atoms with Crippen molar-refractivity contribution in [3.63, 3.8) is 0 Å². The summed E-state index contributed by atoms with van der Waals surface area (Å²) in [6.07, 6.45) is 1.89. The highest BCUT2D eigenvalue weighted by molar-refractivity contribution is 5.68. The van der Waals surface area contributed by atoms with E-state index in [1.165, 1.54) is 0 Å². The predicted octanol–water partition coefficient (Wildman–Crippen LogP) is 2.56. The molecule has 0 aliphatic heterocycles. The minimum absolute atomic E-state index is 0.663. The molecule has 1 aromatic heterocycles. The molecule has 0 radical (unpaired) electrons. The first-order valence-corrected chi connectivity index (χ1v) is 6.58. The molecule has 0 unspecified atom stereocenters. The van der Waals surface area contributed by atoms with Crippen LogP contribution in [0.1, 0.15) is 5.82 Å². The summed E-state index contributed by atoms with van der Waals surface area (Å²) in [5.41, 5.74) is 3.12. The van der Waals surface area contributed by atoms with Crippen LogP contribution in [0.2, 0.25) is 0 Å². The van der Waals surface area contributed by atoms with Crippen LogP contribution in [0.5, 0.6) is 5.75 Å². The molecule has 2 aromatic rings. The number of rotatable bonds is 6. The molecule has 5 heteroatoms. The molecule has 0 atom stereocenters. The topological polar surface area (TPSA) is 48.3 Å².